The maximum absolute atomic E-state index is 12.2. The number of amides is 2. The van der Waals surface area contributed by atoms with Crippen molar-refractivity contribution < 1.29 is 14.3 Å². The highest BCUT2D eigenvalue weighted by molar-refractivity contribution is 5.75. The fourth-order valence-corrected chi connectivity index (χ4v) is 2.99. The van der Waals surface area contributed by atoms with E-state index in [4.69, 9.17) is 9.47 Å². The SMILES string of the molecule is C[C@H](NC(=O)N[C@@H]1CCOc2ccccc21)[C@H]1CCCO1. The molecule has 1 fully saturated rings. The van der Waals surface area contributed by atoms with Crippen molar-refractivity contribution in [3.63, 3.8) is 0 Å². The van der Waals surface area contributed by atoms with E-state index in [1.54, 1.807) is 0 Å². The van der Waals surface area contributed by atoms with Gasteiger partial charge in [0, 0.05) is 18.6 Å². The first-order chi connectivity index (χ1) is 10.2. The van der Waals surface area contributed by atoms with Gasteiger partial charge in [-0.3, -0.25) is 0 Å². The molecule has 0 radical (unpaired) electrons. The number of hydrogen-bond acceptors (Lipinski definition) is 3. The second-order valence-electron chi connectivity index (χ2n) is 5.69. The first-order valence-electron chi connectivity index (χ1n) is 7.64. The number of rotatable bonds is 3. The molecule has 0 aromatic heterocycles. The summed E-state index contributed by atoms with van der Waals surface area (Å²) in [6.45, 7) is 3.42. The molecule has 3 rings (SSSR count). The summed E-state index contributed by atoms with van der Waals surface area (Å²) in [6.07, 6.45) is 3.02. The average Bonchev–Trinajstić information content (AvgIpc) is 3.02. The third-order valence-corrected chi connectivity index (χ3v) is 4.15. The average molecular weight is 290 g/mol. The van der Waals surface area contributed by atoms with Gasteiger partial charge in [-0.15, -0.1) is 0 Å². The summed E-state index contributed by atoms with van der Waals surface area (Å²) in [5.41, 5.74) is 1.05. The minimum Gasteiger partial charge on any atom is -0.493 e. The second kappa shape index (κ2) is 6.35. The number of carbonyl (C=O) groups is 1. The van der Waals surface area contributed by atoms with Gasteiger partial charge in [0.15, 0.2) is 0 Å². The van der Waals surface area contributed by atoms with Crippen molar-refractivity contribution in [1.82, 2.24) is 10.6 Å². The fraction of sp³-hybridized carbons (Fsp3) is 0.562. The van der Waals surface area contributed by atoms with Gasteiger partial charge < -0.3 is 20.1 Å². The maximum Gasteiger partial charge on any atom is 0.315 e. The summed E-state index contributed by atoms with van der Waals surface area (Å²) in [7, 11) is 0. The molecule has 5 nitrogen and oxygen atoms in total. The van der Waals surface area contributed by atoms with Crippen molar-refractivity contribution >= 4 is 6.03 Å². The van der Waals surface area contributed by atoms with Crippen LogP contribution in [-0.4, -0.2) is 31.4 Å². The van der Waals surface area contributed by atoms with Crippen LogP contribution in [0.1, 0.15) is 37.8 Å². The molecule has 1 aromatic carbocycles. The van der Waals surface area contributed by atoms with Crippen LogP contribution >= 0.6 is 0 Å². The molecule has 0 bridgehead atoms. The standard InChI is InChI=1S/C16H22N2O3/c1-11(14-7-4-9-20-14)17-16(19)18-13-8-10-21-15-6-3-2-5-12(13)15/h2-3,5-6,11,13-14H,4,7-10H2,1H3,(H2,17,18,19)/t11-,13+,14+/m0/s1. The molecule has 114 valence electrons. The van der Waals surface area contributed by atoms with E-state index in [0.29, 0.717) is 6.61 Å². The van der Waals surface area contributed by atoms with Crippen LogP contribution in [0.2, 0.25) is 0 Å². The number of urea groups is 1. The van der Waals surface area contributed by atoms with Crippen LogP contribution in [0.5, 0.6) is 5.75 Å². The van der Waals surface area contributed by atoms with Crippen molar-refractivity contribution in [2.75, 3.05) is 13.2 Å². The van der Waals surface area contributed by atoms with E-state index in [1.165, 1.54) is 0 Å². The van der Waals surface area contributed by atoms with Crippen molar-refractivity contribution in [3.8, 4) is 5.75 Å². The molecule has 3 atom stereocenters. The summed E-state index contributed by atoms with van der Waals surface area (Å²) in [5.74, 6) is 0.862. The molecule has 0 saturated carbocycles. The maximum atomic E-state index is 12.2. The van der Waals surface area contributed by atoms with Crippen LogP contribution in [0.15, 0.2) is 24.3 Å². The van der Waals surface area contributed by atoms with E-state index < -0.39 is 0 Å². The molecule has 0 aliphatic carbocycles. The van der Waals surface area contributed by atoms with Crippen molar-refractivity contribution in [2.45, 2.75) is 44.4 Å². The lowest BCUT2D eigenvalue weighted by Crippen LogP contribution is -2.47. The van der Waals surface area contributed by atoms with Gasteiger partial charge in [-0.25, -0.2) is 4.79 Å². The lowest BCUT2D eigenvalue weighted by Gasteiger charge is -2.28. The molecule has 0 unspecified atom stereocenters. The summed E-state index contributed by atoms with van der Waals surface area (Å²) in [5, 5.41) is 6.03. The zero-order valence-corrected chi connectivity index (χ0v) is 12.3. The number of nitrogens with one attached hydrogen (secondary N) is 2. The molecular formula is C16H22N2O3. The van der Waals surface area contributed by atoms with Crippen LogP contribution < -0.4 is 15.4 Å². The van der Waals surface area contributed by atoms with Crippen LogP contribution in [0.25, 0.3) is 0 Å². The topological polar surface area (TPSA) is 59.6 Å². The Morgan fingerprint density at radius 2 is 2.14 bits per heavy atom. The molecule has 2 aliphatic rings. The van der Waals surface area contributed by atoms with Gasteiger partial charge in [-0.2, -0.15) is 0 Å². The van der Waals surface area contributed by atoms with Crippen LogP contribution in [-0.2, 0) is 4.74 Å². The van der Waals surface area contributed by atoms with Gasteiger partial charge in [0.1, 0.15) is 5.75 Å². The number of benzene rings is 1. The molecule has 1 saturated heterocycles. The third kappa shape index (κ3) is 3.29. The number of para-hydroxylation sites is 1. The first kappa shape index (κ1) is 14.2. The van der Waals surface area contributed by atoms with E-state index in [0.717, 1.165) is 37.2 Å². The van der Waals surface area contributed by atoms with Crippen LogP contribution in [0, 0.1) is 0 Å². The Labute approximate surface area is 125 Å². The predicted octanol–water partition coefficient (Wildman–Crippen LogP) is 2.38. The predicted molar refractivity (Wildman–Crippen MR) is 79.4 cm³/mol. The van der Waals surface area contributed by atoms with Gasteiger partial charge >= 0.3 is 6.03 Å². The number of ether oxygens (including phenoxy) is 2. The number of fused-ring (bicyclic) bond motifs is 1. The van der Waals surface area contributed by atoms with Crippen molar-refractivity contribution in [3.05, 3.63) is 29.8 Å². The Hall–Kier alpha value is -1.75. The molecular weight excluding hydrogens is 268 g/mol. The van der Waals surface area contributed by atoms with Crippen molar-refractivity contribution in [1.29, 1.82) is 0 Å². The largest absolute Gasteiger partial charge is 0.493 e. The Morgan fingerprint density at radius 3 is 2.95 bits per heavy atom. The molecule has 21 heavy (non-hydrogen) atoms. The Kier molecular flexibility index (Phi) is 4.29. The zero-order valence-electron chi connectivity index (χ0n) is 12.3. The summed E-state index contributed by atoms with van der Waals surface area (Å²) >= 11 is 0. The van der Waals surface area contributed by atoms with Gasteiger partial charge in [-0.1, -0.05) is 18.2 Å². The highest BCUT2D eigenvalue weighted by Gasteiger charge is 2.26. The minimum absolute atomic E-state index is 0.00615. The smallest absolute Gasteiger partial charge is 0.315 e. The van der Waals surface area contributed by atoms with E-state index >= 15 is 0 Å². The highest BCUT2D eigenvalue weighted by atomic mass is 16.5. The van der Waals surface area contributed by atoms with E-state index in [9.17, 15) is 4.79 Å². The normalized spacial score (nSPS) is 25.6. The molecule has 2 heterocycles. The van der Waals surface area contributed by atoms with Crippen LogP contribution in [0.3, 0.4) is 0 Å². The summed E-state index contributed by atoms with van der Waals surface area (Å²) in [4.78, 5) is 12.2. The Bertz CT molecular complexity index is 500. The Morgan fingerprint density at radius 1 is 1.29 bits per heavy atom. The highest BCUT2D eigenvalue weighted by Crippen LogP contribution is 2.31. The van der Waals surface area contributed by atoms with Gasteiger partial charge in [-0.05, 0) is 25.8 Å². The van der Waals surface area contributed by atoms with Crippen LogP contribution in [0.4, 0.5) is 4.79 Å². The molecule has 2 aliphatic heterocycles. The third-order valence-electron chi connectivity index (χ3n) is 4.15. The molecule has 0 spiro atoms. The first-order valence-corrected chi connectivity index (χ1v) is 7.64. The van der Waals surface area contributed by atoms with E-state index in [-0.39, 0.29) is 24.2 Å². The van der Waals surface area contributed by atoms with E-state index in [2.05, 4.69) is 10.6 Å². The minimum atomic E-state index is -0.139. The van der Waals surface area contributed by atoms with Gasteiger partial charge in [0.2, 0.25) is 0 Å². The van der Waals surface area contributed by atoms with E-state index in [1.807, 2.05) is 31.2 Å². The lowest BCUT2D eigenvalue weighted by molar-refractivity contribution is 0.0857. The lowest BCUT2D eigenvalue weighted by atomic mass is 10.0. The van der Waals surface area contributed by atoms with Gasteiger partial charge in [0.25, 0.3) is 0 Å². The molecule has 1 aromatic rings. The second-order valence-corrected chi connectivity index (χ2v) is 5.69. The Balaban J connectivity index is 1.58. The zero-order chi connectivity index (χ0) is 14.7. The van der Waals surface area contributed by atoms with Crippen molar-refractivity contribution in [2.24, 2.45) is 0 Å². The molecule has 2 N–H and O–H groups in total. The molecule has 5 heteroatoms. The fourth-order valence-electron chi connectivity index (χ4n) is 2.99. The quantitative estimate of drug-likeness (QED) is 0.898. The molecule has 2 amide bonds. The summed E-state index contributed by atoms with van der Waals surface area (Å²) in [6, 6.07) is 7.75. The summed E-state index contributed by atoms with van der Waals surface area (Å²) < 4.78 is 11.2. The number of hydrogen-bond donors (Lipinski definition) is 2. The monoisotopic (exact) mass is 290 g/mol. The van der Waals surface area contributed by atoms with Gasteiger partial charge in [0.05, 0.1) is 24.8 Å². The number of carbonyl (C=O) groups excluding carboxylic acids is 1.